The van der Waals surface area contributed by atoms with Crippen LogP contribution in [0.1, 0.15) is 32.9 Å². The Morgan fingerprint density at radius 2 is 2.04 bits per heavy atom. The van der Waals surface area contributed by atoms with Crippen molar-refractivity contribution in [2.75, 3.05) is 16.8 Å². The van der Waals surface area contributed by atoms with Crippen molar-refractivity contribution in [2.24, 2.45) is 13.0 Å². The molecule has 2 amide bonds. The van der Waals surface area contributed by atoms with Gasteiger partial charge in [0, 0.05) is 42.2 Å². The normalized spacial score (nSPS) is 17.7. The first-order valence-electron chi connectivity index (χ1n) is 8.56. The summed E-state index contributed by atoms with van der Waals surface area (Å²) in [7, 11) is 1.79. The Bertz CT molecular complexity index is 853. The molecule has 1 atom stereocenters. The van der Waals surface area contributed by atoms with Gasteiger partial charge < -0.3 is 10.2 Å². The molecule has 1 aliphatic heterocycles. The molecular formula is C19H23ClN4O2. The van der Waals surface area contributed by atoms with Gasteiger partial charge in [0.2, 0.25) is 11.8 Å². The van der Waals surface area contributed by atoms with Crippen LogP contribution >= 0.6 is 11.6 Å². The summed E-state index contributed by atoms with van der Waals surface area (Å²) in [4.78, 5) is 26.6. The second-order valence-electron chi connectivity index (χ2n) is 7.66. The number of hydrogen-bond donors (Lipinski definition) is 1. The highest BCUT2D eigenvalue weighted by Gasteiger charge is 2.35. The van der Waals surface area contributed by atoms with E-state index in [9.17, 15) is 9.59 Å². The van der Waals surface area contributed by atoms with Gasteiger partial charge in [0.25, 0.3) is 0 Å². The first kappa shape index (κ1) is 18.5. The summed E-state index contributed by atoms with van der Waals surface area (Å²) in [6.07, 6.45) is 0.183. The number of rotatable bonds is 3. The van der Waals surface area contributed by atoms with Gasteiger partial charge in [-0.15, -0.1) is 0 Å². The number of nitrogens with one attached hydrogen (secondary N) is 1. The smallest absolute Gasteiger partial charge is 0.230 e. The molecule has 138 valence electrons. The van der Waals surface area contributed by atoms with Crippen molar-refractivity contribution in [3.8, 4) is 0 Å². The first-order chi connectivity index (χ1) is 12.1. The van der Waals surface area contributed by atoms with Crippen molar-refractivity contribution in [1.29, 1.82) is 0 Å². The highest BCUT2D eigenvalue weighted by molar-refractivity contribution is 6.31. The van der Waals surface area contributed by atoms with Crippen LogP contribution in [0.2, 0.25) is 5.02 Å². The van der Waals surface area contributed by atoms with Gasteiger partial charge in [0.05, 0.1) is 11.6 Å². The number of carbonyl (C=O) groups is 2. The van der Waals surface area contributed by atoms with Crippen molar-refractivity contribution >= 4 is 34.9 Å². The zero-order chi connectivity index (χ0) is 19.1. The van der Waals surface area contributed by atoms with E-state index >= 15 is 0 Å². The van der Waals surface area contributed by atoms with E-state index in [4.69, 9.17) is 11.6 Å². The van der Waals surface area contributed by atoms with Crippen molar-refractivity contribution < 1.29 is 9.59 Å². The number of anilines is 2. The third kappa shape index (κ3) is 3.75. The Morgan fingerprint density at radius 3 is 2.65 bits per heavy atom. The van der Waals surface area contributed by atoms with Gasteiger partial charge in [0.15, 0.2) is 0 Å². The summed E-state index contributed by atoms with van der Waals surface area (Å²) < 4.78 is 1.66. The van der Waals surface area contributed by atoms with Gasteiger partial charge in [-0.2, -0.15) is 5.10 Å². The first-order valence-corrected chi connectivity index (χ1v) is 8.94. The fourth-order valence-electron chi connectivity index (χ4n) is 2.96. The SMILES string of the molecule is Cn1nc(C(C)(C)C)cc1NC(=O)[C@@H]1CC(=O)N(c2cccc(Cl)c2)C1. The number of aryl methyl sites for hydroxylation is 1. The molecule has 0 unspecified atom stereocenters. The quantitative estimate of drug-likeness (QED) is 0.895. The lowest BCUT2D eigenvalue weighted by Gasteiger charge is -2.17. The van der Waals surface area contributed by atoms with E-state index < -0.39 is 5.92 Å². The second-order valence-corrected chi connectivity index (χ2v) is 8.10. The molecule has 1 N–H and O–H groups in total. The van der Waals surface area contributed by atoms with Gasteiger partial charge >= 0.3 is 0 Å². The Labute approximate surface area is 158 Å². The van der Waals surface area contributed by atoms with Crippen LogP contribution in [0.4, 0.5) is 11.5 Å². The predicted molar refractivity (Wildman–Crippen MR) is 102 cm³/mol. The second kappa shape index (κ2) is 6.76. The third-order valence-electron chi connectivity index (χ3n) is 4.52. The summed E-state index contributed by atoms with van der Waals surface area (Å²) in [6.45, 7) is 6.55. The number of benzene rings is 1. The van der Waals surface area contributed by atoms with E-state index in [0.29, 0.717) is 23.1 Å². The number of hydrogen-bond acceptors (Lipinski definition) is 3. The van der Waals surface area contributed by atoms with Crippen LogP contribution in [0.3, 0.4) is 0 Å². The molecule has 6 nitrogen and oxygen atoms in total. The fraction of sp³-hybridized carbons (Fsp3) is 0.421. The van der Waals surface area contributed by atoms with Crippen molar-refractivity contribution in [1.82, 2.24) is 9.78 Å². The average molecular weight is 375 g/mol. The molecule has 0 spiro atoms. The van der Waals surface area contributed by atoms with Gasteiger partial charge in [-0.3, -0.25) is 14.3 Å². The van der Waals surface area contributed by atoms with E-state index in [0.717, 1.165) is 5.69 Å². The minimum absolute atomic E-state index is 0.0761. The molecule has 7 heteroatoms. The van der Waals surface area contributed by atoms with Gasteiger partial charge in [-0.25, -0.2) is 0 Å². The number of aromatic nitrogens is 2. The van der Waals surface area contributed by atoms with Crippen LogP contribution in [0.5, 0.6) is 0 Å². The molecular weight excluding hydrogens is 352 g/mol. The number of amides is 2. The van der Waals surface area contributed by atoms with Gasteiger partial charge in [-0.05, 0) is 18.2 Å². The Morgan fingerprint density at radius 1 is 1.31 bits per heavy atom. The van der Waals surface area contributed by atoms with Crippen LogP contribution in [0.25, 0.3) is 0 Å². The zero-order valence-electron chi connectivity index (χ0n) is 15.4. The molecule has 0 saturated carbocycles. The van der Waals surface area contributed by atoms with Gasteiger partial charge in [-0.1, -0.05) is 38.4 Å². The van der Waals surface area contributed by atoms with Crippen LogP contribution in [-0.2, 0) is 22.1 Å². The molecule has 3 rings (SSSR count). The van der Waals surface area contributed by atoms with E-state index in [1.54, 1.807) is 34.8 Å². The summed E-state index contributed by atoms with van der Waals surface area (Å²) in [5.41, 5.74) is 1.51. The maximum absolute atomic E-state index is 12.7. The number of nitrogens with zero attached hydrogens (tertiary/aromatic N) is 3. The fourth-order valence-corrected chi connectivity index (χ4v) is 3.14. The highest BCUT2D eigenvalue weighted by atomic mass is 35.5. The van der Waals surface area contributed by atoms with Crippen LogP contribution in [0, 0.1) is 5.92 Å². The Balaban J connectivity index is 1.72. The van der Waals surface area contributed by atoms with Crippen LogP contribution < -0.4 is 10.2 Å². The lowest BCUT2D eigenvalue weighted by Crippen LogP contribution is -2.28. The highest BCUT2D eigenvalue weighted by Crippen LogP contribution is 2.28. The van der Waals surface area contributed by atoms with E-state index in [2.05, 4.69) is 31.2 Å². The van der Waals surface area contributed by atoms with Crippen LogP contribution in [0.15, 0.2) is 30.3 Å². The zero-order valence-corrected chi connectivity index (χ0v) is 16.2. The molecule has 2 aromatic rings. The summed E-state index contributed by atoms with van der Waals surface area (Å²) >= 11 is 6.01. The summed E-state index contributed by atoms with van der Waals surface area (Å²) in [5.74, 6) is -0.0258. The molecule has 0 radical (unpaired) electrons. The molecule has 1 saturated heterocycles. The molecule has 1 aromatic heterocycles. The molecule has 1 aromatic carbocycles. The maximum atomic E-state index is 12.7. The standard InChI is InChI=1S/C19H23ClN4O2/c1-19(2,3)15-10-16(23(4)22-15)21-18(26)12-8-17(25)24(11-12)14-7-5-6-13(20)9-14/h5-7,9-10,12H,8,11H2,1-4H3,(H,21,26)/t12-/m1/s1. The Hall–Kier alpha value is -2.34. The lowest BCUT2D eigenvalue weighted by molar-refractivity contribution is -0.122. The molecule has 0 aliphatic carbocycles. The largest absolute Gasteiger partial charge is 0.312 e. The van der Waals surface area contributed by atoms with Crippen molar-refractivity contribution in [3.63, 3.8) is 0 Å². The topological polar surface area (TPSA) is 67.2 Å². The van der Waals surface area contributed by atoms with E-state index in [-0.39, 0.29) is 23.7 Å². The predicted octanol–water partition coefficient (Wildman–Crippen LogP) is 3.36. The maximum Gasteiger partial charge on any atom is 0.230 e. The molecule has 2 heterocycles. The molecule has 1 aliphatic rings. The minimum Gasteiger partial charge on any atom is -0.312 e. The molecule has 26 heavy (non-hydrogen) atoms. The summed E-state index contributed by atoms with van der Waals surface area (Å²) in [6, 6.07) is 8.98. The summed E-state index contributed by atoms with van der Waals surface area (Å²) in [5, 5.41) is 7.93. The van der Waals surface area contributed by atoms with Crippen molar-refractivity contribution in [2.45, 2.75) is 32.6 Å². The molecule has 0 bridgehead atoms. The monoisotopic (exact) mass is 374 g/mol. The molecule has 1 fully saturated rings. The van der Waals surface area contributed by atoms with Gasteiger partial charge in [0.1, 0.15) is 5.82 Å². The minimum atomic E-state index is -0.408. The number of carbonyl (C=O) groups excluding carboxylic acids is 2. The van der Waals surface area contributed by atoms with Crippen molar-refractivity contribution in [3.05, 3.63) is 41.0 Å². The lowest BCUT2D eigenvalue weighted by atomic mass is 9.92. The number of halogens is 1. The van der Waals surface area contributed by atoms with E-state index in [1.807, 2.05) is 12.1 Å². The third-order valence-corrected chi connectivity index (χ3v) is 4.75. The Kier molecular flexibility index (Phi) is 4.80. The average Bonchev–Trinajstić information content (AvgIpc) is 3.11. The van der Waals surface area contributed by atoms with E-state index in [1.165, 1.54) is 0 Å². The van der Waals surface area contributed by atoms with Crippen LogP contribution in [-0.4, -0.2) is 28.1 Å².